The van der Waals surface area contributed by atoms with Gasteiger partial charge in [0.15, 0.2) is 0 Å². The molecule has 0 aliphatic heterocycles. The third-order valence-corrected chi connectivity index (χ3v) is 4.82. The molecule has 0 radical (unpaired) electrons. The summed E-state index contributed by atoms with van der Waals surface area (Å²) < 4.78 is 5.14. The van der Waals surface area contributed by atoms with Gasteiger partial charge >= 0.3 is 0 Å². The van der Waals surface area contributed by atoms with E-state index in [0.29, 0.717) is 13.0 Å². The molecule has 2 amide bonds. The number of anilines is 1. The summed E-state index contributed by atoms with van der Waals surface area (Å²) in [5.41, 5.74) is 1.71. The molecule has 0 saturated heterocycles. The van der Waals surface area contributed by atoms with Crippen LogP contribution >= 0.6 is 0 Å². The molecular formula is C23H30N2O3. The number of carbonyl (C=O) groups is 2. The van der Waals surface area contributed by atoms with Crippen molar-refractivity contribution in [2.45, 2.75) is 40.0 Å². The third-order valence-electron chi connectivity index (χ3n) is 4.82. The van der Waals surface area contributed by atoms with Crippen molar-refractivity contribution in [3.63, 3.8) is 0 Å². The fourth-order valence-electron chi connectivity index (χ4n) is 2.83. The first-order chi connectivity index (χ1) is 13.3. The summed E-state index contributed by atoms with van der Waals surface area (Å²) >= 11 is 0. The summed E-state index contributed by atoms with van der Waals surface area (Å²) in [6, 6.07) is 15.4. The van der Waals surface area contributed by atoms with E-state index in [2.05, 4.69) is 24.5 Å². The predicted molar refractivity (Wildman–Crippen MR) is 113 cm³/mol. The lowest BCUT2D eigenvalue weighted by Crippen LogP contribution is -2.45. The van der Waals surface area contributed by atoms with Gasteiger partial charge in [-0.25, -0.2) is 0 Å². The summed E-state index contributed by atoms with van der Waals surface area (Å²) in [4.78, 5) is 25.4. The minimum atomic E-state index is -1.18. The fourth-order valence-corrected chi connectivity index (χ4v) is 2.83. The van der Waals surface area contributed by atoms with Crippen LogP contribution in [0.1, 0.15) is 44.7 Å². The molecule has 5 nitrogen and oxygen atoms in total. The van der Waals surface area contributed by atoms with Gasteiger partial charge in [-0.3, -0.25) is 9.59 Å². The van der Waals surface area contributed by atoms with Crippen LogP contribution in [0.25, 0.3) is 0 Å². The standard InChI is InChI=1S/C23H30N2O3/c1-16(2)19-8-6-7-9-20(19)25-22(27)23(3,4)21(26)24-15-14-17-10-12-18(28-5)13-11-17/h6-13,16H,14-15H2,1-5H3,(H,24,26)(H,25,27). The van der Waals surface area contributed by atoms with Crippen LogP contribution in [-0.4, -0.2) is 25.5 Å². The topological polar surface area (TPSA) is 67.4 Å². The van der Waals surface area contributed by atoms with Crippen molar-refractivity contribution in [1.82, 2.24) is 5.32 Å². The molecule has 0 bridgehead atoms. The summed E-state index contributed by atoms with van der Waals surface area (Å²) in [5.74, 6) is 0.466. The Kier molecular flexibility index (Phi) is 7.21. The monoisotopic (exact) mass is 382 g/mol. The van der Waals surface area contributed by atoms with Gasteiger partial charge in [-0.1, -0.05) is 44.2 Å². The number of carbonyl (C=O) groups excluding carboxylic acids is 2. The van der Waals surface area contributed by atoms with Crippen molar-refractivity contribution in [3.8, 4) is 5.75 Å². The quantitative estimate of drug-likeness (QED) is 0.674. The largest absolute Gasteiger partial charge is 0.497 e. The SMILES string of the molecule is COc1ccc(CCNC(=O)C(C)(C)C(=O)Nc2ccccc2C(C)C)cc1. The molecule has 28 heavy (non-hydrogen) atoms. The Morgan fingerprint density at radius 1 is 1.00 bits per heavy atom. The molecular weight excluding hydrogens is 352 g/mol. The average Bonchev–Trinajstić information content (AvgIpc) is 2.68. The second-order valence-corrected chi connectivity index (χ2v) is 7.68. The van der Waals surface area contributed by atoms with Crippen LogP contribution in [0.2, 0.25) is 0 Å². The maximum Gasteiger partial charge on any atom is 0.239 e. The first-order valence-electron chi connectivity index (χ1n) is 9.57. The predicted octanol–water partition coefficient (Wildman–Crippen LogP) is 4.14. The minimum absolute atomic E-state index is 0.276. The smallest absolute Gasteiger partial charge is 0.239 e. The fraction of sp³-hybridized carbons (Fsp3) is 0.391. The average molecular weight is 383 g/mol. The molecule has 0 aromatic heterocycles. The van der Waals surface area contributed by atoms with Crippen molar-refractivity contribution < 1.29 is 14.3 Å². The number of nitrogens with one attached hydrogen (secondary N) is 2. The molecule has 0 unspecified atom stereocenters. The lowest BCUT2D eigenvalue weighted by Gasteiger charge is -2.24. The first-order valence-corrected chi connectivity index (χ1v) is 9.57. The summed E-state index contributed by atoms with van der Waals surface area (Å²) in [7, 11) is 1.63. The molecule has 0 heterocycles. The number of rotatable bonds is 8. The Morgan fingerprint density at radius 3 is 2.25 bits per heavy atom. The Balaban J connectivity index is 1.94. The van der Waals surface area contributed by atoms with E-state index in [-0.39, 0.29) is 17.7 Å². The second kappa shape index (κ2) is 9.40. The van der Waals surface area contributed by atoms with Gasteiger partial charge in [0.25, 0.3) is 0 Å². The van der Waals surface area contributed by atoms with Gasteiger partial charge in [-0.2, -0.15) is 0 Å². The summed E-state index contributed by atoms with van der Waals surface area (Å²) in [5, 5.41) is 5.79. The maximum absolute atomic E-state index is 12.8. The molecule has 0 atom stereocenters. The van der Waals surface area contributed by atoms with Crippen molar-refractivity contribution in [3.05, 3.63) is 59.7 Å². The molecule has 0 aliphatic carbocycles. The minimum Gasteiger partial charge on any atom is -0.497 e. The van der Waals surface area contributed by atoms with Crippen LogP contribution in [0.3, 0.4) is 0 Å². The van der Waals surface area contributed by atoms with E-state index in [1.54, 1.807) is 21.0 Å². The zero-order valence-electron chi connectivity index (χ0n) is 17.3. The molecule has 2 aromatic carbocycles. The molecule has 5 heteroatoms. The van der Waals surface area contributed by atoms with E-state index in [0.717, 1.165) is 22.6 Å². The highest BCUT2D eigenvalue weighted by Crippen LogP contribution is 2.26. The molecule has 2 rings (SSSR count). The summed E-state index contributed by atoms with van der Waals surface area (Å²) in [6.07, 6.45) is 0.684. The van der Waals surface area contributed by atoms with Crippen molar-refractivity contribution in [2.24, 2.45) is 5.41 Å². The van der Waals surface area contributed by atoms with Crippen LogP contribution in [-0.2, 0) is 16.0 Å². The van der Waals surface area contributed by atoms with Crippen LogP contribution in [0.5, 0.6) is 5.75 Å². The molecule has 150 valence electrons. The highest BCUT2D eigenvalue weighted by Gasteiger charge is 2.36. The van der Waals surface area contributed by atoms with Crippen molar-refractivity contribution in [1.29, 1.82) is 0 Å². The number of hydrogen-bond acceptors (Lipinski definition) is 3. The van der Waals surface area contributed by atoms with Gasteiger partial charge in [0, 0.05) is 12.2 Å². The van der Waals surface area contributed by atoms with Crippen LogP contribution in [0.4, 0.5) is 5.69 Å². The molecule has 0 spiro atoms. The second-order valence-electron chi connectivity index (χ2n) is 7.68. The highest BCUT2D eigenvalue weighted by molar-refractivity contribution is 6.10. The Bertz CT molecular complexity index is 811. The number of methoxy groups -OCH3 is 1. The van der Waals surface area contributed by atoms with E-state index < -0.39 is 5.41 Å². The van der Waals surface area contributed by atoms with E-state index in [4.69, 9.17) is 4.74 Å². The molecule has 0 fully saturated rings. The number of benzene rings is 2. The Morgan fingerprint density at radius 2 is 1.64 bits per heavy atom. The third kappa shape index (κ3) is 5.35. The molecule has 0 aliphatic rings. The Hall–Kier alpha value is -2.82. The van der Waals surface area contributed by atoms with Gasteiger partial charge < -0.3 is 15.4 Å². The number of para-hydroxylation sites is 1. The van der Waals surface area contributed by atoms with Gasteiger partial charge in [-0.15, -0.1) is 0 Å². The maximum atomic E-state index is 12.8. The van der Waals surface area contributed by atoms with Gasteiger partial charge in [-0.05, 0) is 55.5 Å². The van der Waals surface area contributed by atoms with Gasteiger partial charge in [0.2, 0.25) is 11.8 Å². The summed E-state index contributed by atoms with van der Waals surface area (Å²) in [6.45, 7) is 7.89. The van der Waals surface area contributed by atoms with Crippen molar-refractivity contribution >= 4 is 17.5 Å². The van der Waals surface area contributed by atoms with Gasteiger partial charge in [0.1, 0.15) is 11.2 Å². The van der Waals surface area contributed by atoms with Crippen LogP contribution < -0.4 is 15.4 Å². The van der Waals surface area contributed by atoms with Crippen LogP contribution in [0.15, 0.2) is 48.5 Å². The lowest BCUT2D eigenvalue weighted by molar-refractivity contribution is -0.138. The van der Waals surface area contributed by atoms with Crippen LogP contribution in [0, 0.1) is 5.41 Å². The van der Waals surface area contributed by atoms with E-state index >= 15 is 0 Å². The van der Waals surface area contributed by atoms with Gasteiger partial charge in [0.05, 0.1) is 7.11 Å². The number of amides is 2. The normalized spacial score (nSPS) is 11.2. The highest BCUT2D eigenvalue weighted by atomic mass is 16.5. The zero-order valence-corrected chi connectivity index (χ0v) is 17.3. The zero-order chi connectivity index (χ0) is 20.7. The van der Waals surface area contributed by atoms with Crippen molar-refractivity contribution in [2.75, 3.05) is 19.0 Å². The van der Waals surface area contributed by atoms with E-state index in [9.17, 15) is 9.59 Å². The Labute approximate surface area is 167 Å². The van der Waals surface area contributed by atoms with E-state index in [1.165, 1.54) is 0 Å². The molecule has 0 saturated carbocycles. The lowest BCUT2D eigenvalue weighted by atomic mass is 9.90. The number of ether oxygens (including phenoxy) is 1. The first kappa shape index (κ1) is 21.5. The van der Waals surface area contributed by atoms with E-state index in [1.807, 2.05) is 48.5 Å². The molecule has 2 N–H and O–H groups in total. The number of hydrogen-bond donors (Lipinski definition) is 2. The molecule has 2 aromatic rings.